The lowest BCUT2D eigenvalue weighted by molar-refractivity contribution is -0.130. The number of carbonyl (C=O) groups is 3. The van der Waals surface area contributed by atoms with Crippen LogP contribution in [0.1, 0.15) is 29.8 Å². The molecule has 1 atom stereocenters. The average Bonchev–Trinajstić information content (AvgIpc) is 2.72. The van der Waals surface area contributed by atoms with Gasteiger partial charge in [-0.2, -0.15) is 0 Å². The Morgan fingerprint density at radius 1 is 1.07 bits per heavy atom. The fourth-order valence-electron chi connectivity index (χ4n) is 2.39. The van der Waals surface area contributed by atoms with E-state index < -0.39 is 24.5 Å². The maximum absolute atomic E-state index is 12.4. The van der Waals surface area contributed by atoms with Crippen molar-refractivity contribution in [3.05, 3.63) is 64.7 Å². The third kappa shape index (κ3) is 7.12. The fraction of sp³-hybridized carbons (Fsp3) is 0.286. The second kappa shape index (κ2) is 11.1. The number of hydrogen-bond acceptors (Lipinski definition) is 5. The largest absolute Gasteiger partial charge is 0.488 e. The smallest absolute Gasteiger partial charge is 0.342 e. The normalized spacial score (nSPS) is 11.3. The van der Waals surface area contributed by atoms with Gasteiger partial charge in [0.2, 0.25) is 5.91 Å². The van der Waals surface area contributed by atoms with Gasteiger partial charge in [-0.25, -0.2) is 4.79 Å². The quantitative estimate of drug-likeness (QED) is 0.611. The van der Waals surface area contributed by atoms with Gasteiger partial charge in [-0.05, 0) is 43.7 Å². The summed E-state index contributed by atoms with van der Waals surface area (Å²) in [5.41, 5.74) is 1.09. The summed E-state index contributed by atoms with van der Waals surface area (Å²) in [6.07, 6.45) is 0. The SMILES string of the molecule is CCNC(=O)[C@@H](C)NC(=O)COC(=O)c1ccccc1OCc1ccc(Cl)cc1. The van der Waals surface area contributed by atoms with Crippen LogP contribution in [-0.4, -0.2) is 37.0 Å². The summed E-state index contributed by atoms with van der Waals surface area (Å²) in [6, 6.07) is 13.0. The van der Waals surface area contributed by atoms with Crippen molar-refractivity contribution in [2.75, 3.05) is 13.2 Å². The van der Waals surface area contributed by atoms with Crippen LogP contribution in [0.25, 0.3) is 0 Å². The third-order valence-electron chi connectivity index (χ3n) is 3.87. The van der Waals surface area contributed by atoms with Crippen molar-refractivity contribution in [3.63, 3.8) is 0 Å². The van der Waals surface area contributed by atoms with Crippen LogP contribution < -0.4 is 15.4 Å². The molecule has 0 aliphatic rings. The topological polar surface area (TPSA) is 93.7 Å². The molecule has 0 aliphatic heterocycles. The summed E-state index contributed by atoms with van der Waals surface area (Å²) in [7, 11) is 0. The van der Waals surface area contributed by atoms with Crippen LogP contribution in [0.15, 0.2) is 48.5 Å². The van der Waals surface area contributed by atoms with E-state index in [4.69, 9.17) is 21.1 Å². The highest BCUT2D eigenvalue weighted by molar-refractivity contribution is 6.30. The van der Waals surface area contributed by atoms with Crippen molar-refractivity contribution in [2.24, 2.45) is 0 Å². The lowest BCUT2D eigenvalue weighted by Gasteiger charge is -2.14. The molecule has 0 aromatic heterocycles. The van der Waals surface area contributed by atoms with Gasteiger partial charge in [0.25, 0.3) is 5.91 Å². The van der Waals surface area contributed by atoms with E-state index in [9.17, 15) is 14.4 Å². The summed E-state index contributed by atoms with van der Waals surface area (Å²) in [5.74, 6) is -1.24. The van der Waals surface area contributed by atoms with Gasteiger partial charge in [-0.3, -0.25) is 9.59 Å². The van der Waals surface area contributed by atoms with Gasteiger partial charge >= 0.3 is 5.97 Å². The van der Waals surface area contributed by atoms with Gasteiger partial charge in [-0.1, -0.05) is 35.9 Å². The number of carbonyl (C=O) groups excluding carboxylic acids is 3. The second-order valence-electron chi connectivity index (χ2n) is 6.17. The predicted molar refractivity (Wildman–Crippen MR) is 109 cm³/mol. The van der Waals surface area contributed by atoms with Gasteiger partial charge in [0, 0.05) is 11.6 Å². The van der Waals surface area contributed by atoms with E-state index in [2.05, 4.69) is 10.6 Å². The van der Waals surface area contributed by atoms with E-state index in [0.29, 0.717) is 17.3 Å². The summed E-state index contributed by atoms with van der Waals surface area (Å²) in [4.78, 5) is 35.9. The minimum atomic E-state index is -0.726. The maximum Gasteiger partial charge on any atom is 0.342 e. The van der Waals surface area contributed by atoms with E-state index in [0.717, 1.165) is 5.56 Å². The van der Waals surface area contributed by atoms with E-state index in [1.807, 2.05) is 12.1 Å². The highest BCUT2D eigenvalue weighted by Crippen LogP contribution is 2.21. The molecule has 0 unspecified atom stereocenters. The van der Waals surface area contributed by atoms with Crippen LogP contribution in [0.4, 0.5) is 0 Å². The highest BCUT2D eigenvalue weighted by Gasteiger charge is 2.18. The van der Waals surface area contributed by atoms with Crippen molar-refractivity contribution in [2.45, 2.75) is 26.5 Å². The van der Waals surface area contributed by atoms with Gasteiger partial charge in [0.15, 0.2) is 6.61 Å². The Kier molecular flexibility index (Phi) is 8.48. The van der Waals surface area contributed by atoms with Crippen LogP contribution in [0.2, 0.25) is 5.02 Å². The van der Waals surface area contributed by atoms with E-state index in [-0.39, 0.29) is 18.1 Å². The summed E-state index contributed by atoms with van der Waals surface area (Å²) >= 11 is 5.86. The highest BCUT2D eigenvalue weighted by atomic mass is 35.5. The minimum absolute atomic E-state index is 0.200. The Morgan fingerprint density at radius 2 is 1.76 bits per heavy atom. The number of nitrogens with one attached hydrogen (secondary N) is 2. The van der Waals surface area contributed by atoms with Crippen molar-refractivity contribution < 1.29 is 23.9 Å². The van der Waals surface area contributed by atoms with Crippen molar-refractivity contribution in [1.82, 2.24) is 10.6 Å². The molecular formula is C21H23ClN2O5. The Labute approximate surface area is 174 Å². The molecule has 0 bridgehead atoms. The molecule has 2 aromatic rings. The molecule has 2 N–H and O–H groups in total. The lowest BCUT2D eigenvalue weighted by Crippen LogP contribution is -2.46. The molecule has 154 valence electrons. The molecule has 0 fully saturated rings. The first-order valence-electron chi connectivity index (χ1n) is 9.11. The molecule has 0 radical (unpaired) electrons. The van der Waals surface area contributed by atoms with Crippen LogP contribution in [0.3, 0.4) is 0 Å². The van der Waals surface area contributed by atoms with Crippen molar-refractivity contribution in [3.8, 4) is 5.75 Å². The van der Waals surface area contributed by atoms with E-state index >= 15 is 0 Å². The maximum atomic E-state index is 12.4. The minimum Gasteiger partial charge on any atom is -0.488 e. The number of para-hydroxylation sites is 1. The molecule has 2 amide bonds. The van der Waals surface area contributed by atoms with E-state index in [1.165, 1.54) is 0 Å². The zero-order valence-corrected chi connectivity index (χ0v) is 17.0. The zero-order chi connectivity index (χ0) is 21.2. The van der Waals surface area contributed by atoms with Gasteiger partial charge in [-0.15, -0.1) is 0 Å². The molecule has 29 heavy (non-hydrogen) atoms. The monoisotopic (exact) mass is 418 g/mol. The summed E-state index contributed by atoms with van der Waals surface area (Å²) < 4.78 is 10.8. The Hall–Kier alpha value is -3.06. The van der Waals surface area contributed by atoms with Gasteiger partial charge in [0.05, 0.1) is 0 Å². The Morgan fingerprint density at radius 3 is 2.45 bits per heavy atom. The van der Waals surface area contributed by atoms with Crippen molar-refractivity contribution in [1.29, 1.82) is 0 Å². The molecular weight excluding hydrogens is 396 g/mol. The van der Waals surface area contributed by atoms with Gasteiger partial charge in [0.1, 0.15) is 24.0 Å². The third-order valence-corrected chi connectivity index (χ3v) is 4.12. The molecule has 0 aliphatic carbocycles. The molecule has 8 heteroatoms. The van der Waals surface area contributed by atoms with Crippen LogP contribution in [0.5, 0.6) is 5.75 Å². The molecule has 0 spiro atoms. The number of ether oxygens (including phenoxy) is 2. The average molecular weight is 419 g/mol. The van der Waals surface area contributed by atoms with Crippen LogP contribution in [-0.2, 0) is 20.9 Å². The number of hydrogen-bond donors (Lipinski definition) is 2. The number of benzene rings is 2. The van der Waals surface area contributed by atoms with Crippen LogP contribution >= 0.6 is 11.6 Å². The number of rotatable bonds is 9. The number of amides is 2. The molecule has 2 aromatic carbocycles. The summed E-state index contributed by atoms with van der Waals surface area (Å²) in [5, 5.41) is 5.68. The first-order valence-corrected chi connectivity index (χ1v) is 9.49. The van der Waals surface area contributed by atoms with Gasteiger partial charge < -0.3 is 20.1 Å². The fourth-order valence-corrected chi connectivity index (χ4v) is 2.51. The number of halogens is 1. The Bertz CT molecular complexity index is 854. The summed E-state index contributed by atoms with van der Waals surface area (Å²) in [6.45, 7) is 3.52. The standard InChI is InChI=1S/C21H23ClN2O5/c1-3-23-20(26)14(2)24-19(25)13-29-21(27)17-6-4-5-7-18(17)28-12-15-8-10-16(22)11-9-15/h4-11,14H,3,12-13H2,1-2H3,(H,23,26)(H,24,25)/t14-/m1/s1. The van der Waals surface area contributed by atoms with E-state index in [1.54, 1.807) is 50.2 Å². The molecule has 0 heterocycles. The Balaban J connectivity index is 1.91. The molecule has 2 rings (SSSR count). The first-order chi connectivity index (χ1) is 13.9. The first kappa shape index (κ1) is 22.2. The number of likely N-dealkylation sites (N-methyl/N-ethyl adjacent to an activating group) is 1. The second-order valence-corrected chi connectivity index (χ2v) is 6.61. The van der Waals surface area contributed by atoms with Crippen LogP contribution in [0, 0.1) is 0 Å². The lowest BCUT2D eigenvalue weighted by atomic mass is 10.2. The predicted octanol–water partition coefficient (Wildman–Crippen LogP) is 2.72. The molecule has 7 nitrogen and oxygen atoms in total. The van der Waals surface area contributed by atoms with Crippen molar-refractivity contribution >= 4 is 29.4 Å². The molecule has 0 saturated heterocycles. The molecule has 0 saturated carbocycles. The number of esters is 1. The zero-order valence-electron chi connectivity index (χ0n) is 16.2.